The minimum atomic E-state index is -0.985. The molecular formula is C11H19NO3. The summed E-state index contributed by atoms with van der Waals surface area (Å²) in [6.45, 7) is 7.11. The first-order valence-electron chi connectivity index (χ1n) is 5.10. The number of nitrogens with one attached hydrogen (secondary N) is 1. The lowest BCUT2D eigenvalue weighted by molar-refractivity contribution is -0.142. The smallest absolute Gasteiger partial charge is 0.326 e. The minimum absolute atomic E-state index is 0.0730. The van der Waals surface area contributed by atoms with Crippen LogP contribution in [0, 0.1) is 5.92 Å². The van der Waals surface area contributed by atoms with Crippen LogP contribution in [-0.4, -0.2) is 23.0 Å². The van der Waals surface area contributed by atoms with Crippen molar-refractivity contribution in [3.05, 3.63) is 11.6 Å². The van der Waals surface area contributed by atoms with Crippen LogP contribution < -0.4 is 5.32 Å². The first kappa shape index (κ1) is 13.7. The summed E-state index contributed by atoms with van der Waals surface area (Å²) in [4.78, 5) is 22.4. The van der Waals surface area contributed by atoms with Crippen molar-refractivity contribution in [1.29, 1.82) is 0 Å². The second-order valence-electron chi connectivity index (χ2n) is 3.65. The molecule has 0 saturated carbocycles. The Morgan fingerprint density at radius 3 is 2.33 bits per heavy atom. The molecule has 0 aromatic rings. The van der Waals surface area contributed by atoms with E-state index in [-0.39, 0.29) is 11.8 Å². The van der Waals surface area contributed by atoms with Gasteiger partial charge in [-0.25, -0.2) is 4.79 Å². The van der Waals surface area contributed by atoms with Gasteiger partial charge in [-0.05, 0) is 19.8 Å². The minimum Gasteiger partial charge on any atom is -0.480 e. The lowest BCUT2D eigenvalue weighted by atomic mass is 9.99. The van der Waals surface area contributed by atoms with E-state index >= 15 is 0 Å². The Bertz CT molecular complexity index is 271. The van der Waals surface area contributed by atoms with Crippen molar-refractivity contribution >= 4 is 11.9 Å². The van der Waals surface area contributed by atoms with Gasteiger partial charge in [-0.1, -0.05) is 26.3 Å². The molecule has 2 unspecified atom stereocenters. The first-order chi connectivity index (χ1) is 6.93. The van der Waals surface area contributed by atoms with Gasteiger partial charge in [0.1, 0.15) is 6.04 Å². The molecule has 0 aromatic carbocycles. The van der Waals surface area contributed by atoms with Crippen molar-refractivity contribution < 1.29 is 14.7 Å². The van der Waals surface area contributed by atoms with Gasteiger partial charge in [0.05, 0.1) is 0 Å². The third kappa shape index (κ3) is 4.14. The summed E-state index contributed by atoms with van der Waals surface area (Å²) in [7, 11) is 0. The Balaban J connectivity index is 4.56. The van der Waals surface area contributed by atoms with Crippen LogP contribution in [0.25, 0.3) is 0 Å². The highest BCUT2D eigenvalue weighted by Gasteiger charge is 2.25. The van der Waals surface area contributed by atoms with E-state index in [1.165, 1.54) is 0 Å². The zero-order chi connectivity index (χ0) is 12.0. The van der Waals surface area contributed by atoms with Crippen LogP contribution in [-0.2, 0) is 9.59 Å². The van der Waals surface area contributed by atoms with Crippen molar-refractivity contribution in [2.45, 2.75) is 40.2 Å². The second-order valence-corrected chi connectivity index (χ2v) is 3.65. The maximum Gasteiger partial charge on any atom is 0.326 e. The van der Waals surface area contributed by atoms with Crippen LogP contribution in [0.2, 0.25) is 0 Å². The molecule has 0 spiro atoms. The predicted molar refractivity (Wildman–Crippen MR) is 58.5 cm³/mol. The number of allylic oxidation sites excluding steroid dienone is 1. The molecule has 0 aliphatic heterocycles. The van der Waals surface area contributed by atoms with Crippen molar-refractivity contribution in [2.24, 2.45) is 5.92 Å². The van der Waals surface area contributed by atoms with Crippen molar-refractivity contribution in [3.8, 4) is 0 Å². The Kier molecular flexibility index (Phi) is 5.67. The Labute approximate surface area is 90.4 Å². The number of hydrogen-bond acceptors (Lipinski definition) is 2. The fourth-order valence-corrected chi connectivity index (χ4v) is 1.07. The van der Waals surface area contributed by atoms with Gasteiger partial charge in [-0.2, -0.15) is 0 Å². The number of amides is 1. The number of carboxylic acid groups (broad SMARTS) is 1. The maximum absolute atomic E-state index is 11.5. The lowest BCUT2D eigenvalue weighted by Gasteiger charge is -2.20. The quantitative estimate of drug-likeness (QED) is 0.681. The number of carbonyl (C=O) groups is 2. The number of rotatable bonds is 5. The topological polar surface area (TPSA) is 66.4 Å². The number of hydrogen-bond donors (Lipinski definition) is 2. The Morgan fingerprint density at radius 1 is 1.47 bits per heavy atom. The summed E-state index contributed by atoms with van der Waals surface area (Å²) in [6.07, 6.45) is 2.37. The van der Waals surface area contributed by atoms with Crippen LogP contribution in [0.4, 0.5) is 0 Å². The standard InChI is InChI=1S/C11H19NO3/c1-5-7(3)9(11(14)15)12-10(13)8(4)6-2/h6-7,9H,5H2,1-4H3,(H,12,13)(H,14,15). The third-order valence-corrected chi connectivity index (χ3v) is 2.56. The SMILES string of the molecule is CC=C(C)C(=O)NC(C(=O)O)C(C)CC. The molecule has 0 radical (unpaired) electrons. The van der Waals surface area contributed by atoms with Gasteiger partial charge in [-0.3, -0.25) is 4.79 Å². The first-order valence-corrected chi connectivity index (χ1v) is 5.10. The van der Waals surface area contributed by atoms with E-state index in [4.69, 9.17) is 5.11 Å². The second kappa shape index (κ2) is 6.22. The van der Waals surface area contributed by atoms with E-state index in [1.807, 2.05) is 13.8 Å². The van der Waals surface area contributed by atoms with E-state index < -0.39 is 12.0 Å². The molecule has 0 bridgehead atoms. The van der Waals surface area contributed by atoms with Crippen LogP contribution in [0.5, 0.6) is 0 Å². The molecule has 4 nitrogen and oxygen atoms in total. The Hall–Kier alpha value is -1.32. The highest BCUT2D eigenvalue weighted by molar-refractivity contribution is 5.95. The summed E-state index contributed by atoms with van der Waals surface area (Å²) >= 11 is 0. The highest BCUT2D eigenvalue weighted by atomic mass is 16.4. The van der Waals surface area contributed by atoms with Crippen LogP contribution >= 0.6 is 0 Å². The monoisotopic (exact) mass is 213 g/mol. The normalized spacial score (nSPS) is 15.6. The number of carbonyl (C=O) groups excluding carboxylic acids is 1. The van der Waals surface area contributed by atoms with E-state index in [0.29, 0.717) is 12.0 Å². The molecule has 0 rings (SSSR count). The average Bonchev–Trinajstić information content (AvgIpc) is 2.22. The van der Waals surface area contributed by atoms with Crippen LogP contribution in [0.1, 0.15) is 34.1 Å². The predicted octanol–water partition coefficient (Wildman–Crippen LogP) is 1.57. The van der Waals surface area contributed by atoms with Crippen molar-refractivity contribution in [1.82, 2.24) is 5.32 Å². The summed E-state index contributed by atoms with van der Waals surface area (Å²) < 4.78 is 0. The largest absolute Gasteiger partial charge is 0.480 e. The molecular weight excluding hydrogens is 194 g/mol. The van der Waals surface area contributed by atoms with Gasteiger partial charge in [0.2, 0.25) is 5.91 Å². The summed E-state index contributed by atoms with van der Waals surface area (Å²) in [6, 6.07) is -0.808. The van der Waals surface area contributed by atoms with E-state index in [0.717, 1.165) is 0 Å². The highest BCUT2D eigenvalue weighted by Crippen LogP contribution is 2.08. The third-order valence-electron chi connectivity index (χ3n) is 2.56. The molecule has 2 N–H and O–H groups in total. The molecule has 1 amide bonds. The molecule has 0 fully saturated rings. The molecule has 0 saturated heterocycles. The zero-order valence-corrected chi connectivity index (χ0v) is 9.70. The molecule has 4 heteroatoms. The lowest BCUT2D eigenvalue weighted by Crippen LogP contribution is -2.45. The van der Waals surface area contributed by atoms with Crippen LogP contribution in [0.15, 0.2) is 11.6 Å². The Morgan fingerprint density at radius 2 is 2.00 bits per heavy atom. The van der Waals surface area contributed by atoms with E-state index in [1.54, 1.807) is 19.9 Å². The summed E-state index contributed by atoms with van der Waals surface area (Å²) in [5.74, 6) is -1.37. The fourth-order valence-electron chi connectivity index (χ4n) is 1.07. The summed E-state index contributed by atoms with van der Waals surface area (Å²) in [5, 5.41) is 11.5. The maximum atomic E-state index is 11.5. The molecule has 15 heavy (non-hydrogen) atoms. The van der Waals surface area contributed by atoms with E-state index in [9.17, 15) is 9.59 Å². The molecule has 2 atom stereocenters. The van der Waals surface area contributed by atoms with Gasteiger partial charge in [0.25, 0.3) is 0 Å². The molecule has 0 aliphatic carbocycles. The molecule has 86 valence electrons. The molecule has 0 heterocycles. The zero-order valence-electron chi connectivity index (χ0n) is 9.70. The number of carboxylic acids is 1. The van der Waals surface area contributed by atoms with Crippen molar-refractivity contribution in [3.63, 3.8) is 0 Å². The molecule has 0 aromatic heterocycles. The van der Waals surface area contributed by atoms with Gasteiger partial charge < -0.3 is 10.4 Å². The number of aliphatic carboxylic acids is 1. The molecule has 0 aliphatic rings. The van der Waals surface area contributed by atoms with Crippen LogP contribution in [0.3, 0.4) is 0 Å². The summed E-state index contributed by atoms with van der Waals surface area (Å²) in [5.41, 5.74) is 0.532. The van der Waals surface area contributed by atoms with Gasteiger partial charge in [0.15, 0.2) is 0 Å². The van der Waals surface area contributed by atoms with Crippen molar-refractivity contribution in [2.75, 3.05) is 0 Å². The van der Waals surface area contributed by atoms with Gasteiger partial charge >= 0.3 is 5.97 Å². The van der Waals surface area contributed by atoms with Gasteiger partial charge in [-0.15, -0.1) is 0 Å². The van der Waals surface area contributed by atoms with Gasteiger partial charge in [0, 0.05) is 5.57 Å². The fraction of sp³-hybridized carbons (Fsp3) is 0.636. The average molecular weight is 213 g/mol. The van der Waals surface area contributed by atoms with E-state index in [2.05, 4.69) is 5.32 Å².